The van der Waals surface area contributed by atoms with E-state index in [-0.39, 0.29) is 11.9 Å². The predicted molar refractivity (Wildman–Crippen MR) is 119 cm³/mol. The number of benzene rings is 2. The van der Waals surface area contributed by atoms with Gasteiger partial charge in [-0.1, -0.05) is 54.1 Å². The van der Waals surface area contributed by atoms with E-state index in [1.165, 1.54) is 5.56 Å². The number of H-pyrrole nitrogens is 1. The second-order valence-corrected chi connectivity index (χ2v) is 7.23. The number of amides is 1. The molecule has 4 aromatic rings. The van der Waals surface area contributed by atoms with Crippen LogP contribution in [0.1, 0.15) is 16.1 Å². The number of rotatable bonds is 6. The third-order valence-corrected chi connectivity index (χ3v) is 4.92. The number of aromatic amines is 1. The fraction of sp³-hybridized carbons (Fsp3) is 0.0870. The van der Waals surface area contributed by atoms with Gasteiger partial charge in [-0.15, -0.1) is 0 Å². The van der Waals surface area contributed by atoms with Crippen molar-refractivity contribution >= 4 is 23.5 Å². The largest absolute Gasteiger partial charge is 0.368 e. The summed E-state index contributed by atoms with van der Waals surface area (Å²) in [6.07, 6.45) is 4.17. The Balaban J connectivity index is 1.53. The predicted octanol–water partition coefficient (Wildman–Crippen LogP) is 4.35. The van der Waals surface area contributed by atoms with Crippen molar-refractivity contribution in [2.75, 3.05) is 12.3 Å². The Bertz CT molecular complexity index is 1170. The molecule has 0 unspecified atom stereocenters. The fourth-order valence-corrected chi connectivity index (χ4v) is 3.40. The summed E-state index contributed by atoms with van der Waals surface area (Å²) in [4.78, 5) is 24.1. The summed E-state index contributed by atoms with van der Waals surface area (Å²) in [6.45, 7) is 0.547. The number of carbonyl (C=O) groups excluding carboxylic acids is 1. The molecule has 0 spiro atoms. The molecule has 30 heavy (non-hydrogen) atoms. The van der Waals surface area contributed by atoms with E-state index in [0.29, 0.717) is 23.0 Å². The molecule has 0 aliphatic heterocycles. The van der Waals surface area contributed by atoms with Gasteiger partial charge in [-0.25, -0.2) is 9.97 Å². The van der Waals surface area contributed by atoms with E-state index in [4.69, 9.17) is 17.3 Å². The summed E-state index contributed by atoms with van der Waals surface area (Å²) in [5.41, 5.74) is 10.5. The highest BCUT2D eigenvalue weighted by atomic mass is 35.5. The molecular formula is C23H20ClN5O. The van der Waals surface area contributed by atoms with Gasteiger partial charge in [-0.3, -0.25) is 4.79 Å². The molecule has 2 heterocycles. The van der Waals surface area contributed by atoms with Crippen LogP contribution in [0.5, 0.6) is 0 Å². The SMILES string of the molecule is Nc1ncc(-c2cccc(Cl)c2)c(-c2c[nH]c(C(=O)NCCc3ccccc3)c2)n1. The Kier molecular flexibility index (Phi) is 5.77. The molecule has 1 amide bonds. The molecule has 150 valence electrons. The number of hydrogen-bond acceptors (Lipinski definition) is 4. The Morgan fingerprint density at radius 1 is 1.07 bits per heavy atom. The van der Waals surface area contributed by atoms with Crippen LogP contribution in [0, 0.1) is 0 Å². The second-order valence-electron chi connectivity index (χ2n) is 6.79. The molecule has 0 atom stereocenters. The number of anilines is 1. The van der Waals surface area contributed by atoms with Crippen molar-refractivity contribution in [3.8, 4) is 22.4 Å². The highest BCUT2D eigenvalue weighted by molar-refractivity contribution is 6.30. The van der Waals surface area contributed by atoms with Crippen LogP contribution in [0.3, 0.4) is 0 Å². The van der Waals surface area contributed by atoms with Crippen molar-refractivity contribution in [2.24, 2.45) is 0 Å². The van der Waals surface area contributed by atoms with Gasteiger partial charge in [-0.05, 0) is 35.7 Å². The fourth-order valence-electron chi connectivity index (χ4n) is 3.21. The molecule has 4 rings (SSSR count). The van der Waals surface area contributed by atoms with Crippen LogP contribution >= 0.6 is 11.6 Å². The second kappa shape index (κ2) is 8.80. The molecule has 0 radical (unpaired) electrons. The van der Waals surface area contributed by atoms with E-state index in [0.717, 1.165) is 23.1 Å². The van der Waals surface area contributed by atoms with Crippen LogP contribution in [0.2, 0.25) is 5.02 Å². The zero-order chi connectivity index (χ0) is 20.9. The monoisotopic (exact) mass is 417 g/mol. The minimum Gasteiger partial charge on any atom is -0.368 e. The van der Waals surface area contributed by atoms with Crippen molar-refractivity contribution in [1.82, 2.24) is 20.3 Å². The summed E-state index contributed by atoms with van der Waals surface area (Å²) >= 11 is 6.14. The van der Waals surface area contributed by atoms with E-state index in [9.17, 15) is 4.79 Å². The summed E-state index contributed by atoms with van der Waals surface area (Å²) in [5.74, 6) is -0.0191. The number of halogens is 1. The maximum absolute atomic E-state index is 12.5. The molecule has 0 aliphatic rings. The van der Waals surface area contributed by atoms with Gasteiger partial charge in [0.15, 0.2) is 0 Å². The number of nitrogens with two attached hydrogens (primary N) is 1. The van der Waals surface area contributed by atoms with Crippen molar-refractivity contribution < 1.29 is 4.79 Å². The van der Waals surface area contributed by atoms with Gasteiger partial charge in [-0.2, -0.15) is 0 Å². The molecule has 0 saturated carbocycles. The van der Waals surface area contributed by atoms with E-state index >= 15 is 0 Å². The molecule has 0 aliphatic carbocycles. The Morgan fingerprint density at radius 2 is 1.90 bits per heavy atom. The molecule has 4 N–H and O–H groups in total. The molecule has 0 saturated heterocycles. The van der Waals surface area contributed by atoms with E-state index in [2.05, 4.69) is 20.3 Å². The zero-order valence-electron chi connectivity index (χ0n) is 16.1. The number of aromatic nitrogens is 3. The highest BCUT2D eigenvalue weighted by Crippen LogP contribution is 2.32. The average molecular weight is 418 g/mol. The highest BCUT2D eigenvalue weighted by Gasteiger charge is 2.15. The summed E-state index contributed by atoms with van der Waals surface area (Å²) in [7, 11) is 0. The van der Waals surface area contributed by atoms with Gasteiger partial charge in [0, 0.05) is 35.1 Å². The first kappa shape index (κ1) is 19.7. The third-order valence-electron chi connectivity index (χ3n) is 4.69. The minimum atomic E-state index is -0.177. The molecule has 7 heteroatoms. The van der Waals surface area contributed by atoms with Crippen LogP contribution in [-0.2, 0) is 6.42 Å². The maximum atomic E-state index is 12.5. The lowest BCUT2D eigenvalue weighted by Crippen LogP contribution is -2.25. The molecular weight excluding hydrogens is 398 g/mol. The quantitative estimate of drug-likeness (QED) is 0.434. The summed E-state index contributed by atoms with van der Waals surface area (Å²) < 4.78 is 0. The van der Waals surface area contributed by atoms with Gasteiger partial charge >= 0.3 is 0 Å². The van der Waals surface area contributed by atoms with Gasteiger partial charge in [0.25, 0.3) is 5.91 Å². The van der Waals surface area contributed by atoms with Gasteiger partial charge < -0.3 is 16.0 Å². The topological polar surface area (TPSA) is 96.7 Å². The zero-order valence-corrected chi connectivity index (χ0v) is 16.9. The molecule has 2 aromatic heterocycles. The molecule has 6 nitrogen and oxygen atoms in total. The van der Waals surface area contributed by atoms with Crippen molar-refractivity contribution in [3.05, 3.63) is 89.3 Å². The smallest absolute Gasteiger partial charge is 0.267 e. The van der Waals surface area contributed by atoms with Gasteiger partial charge in [0.2, 0.25) is 5.95 Å². The first-order valence-electron chi connectivity index (χ1n) is 9.49. The lowest BCUT2D eigenvalue weighted by atomic mass is 10.0. The Labute approximate surface area is 179 Å². The summed E-state index contributed by atoms with van der Waals surface area (Å²) in [5, 5.41) is 3.55. The van der Waals surface area contributed by atoms with E-state index in [1.807, 2.05) is 48.5 Å². The van der Waals surface area contributed by atoms with Crippen molar-refractivity contribution in [2.45, 2.75) is 6.42 Å². The third kappa shape index (κ3) is 4.50. The molecule has 2 aromatic carbocycles. The van der Waals surface area contributed by atoms with Crippen LogP contribution in [0.15, 0.2) is 73.1 Å². The summed E-state index contributed by atoms with van der Waals surface area (Å²) in [6, 6.07) is 19.2. The van der Waals surface area contributed by atoms with Crippen molar-refractivity contribution in [1.29, 1.82) is 0 Å². The number of hydrogen-bond donors (Lipinski definition) is 3. The minimum absolute atomic E-state index is 0.158. The Hall–Kier alpha value is -3.64. The van der Waals surface area contributed by atoms with Crippen LogP contribution in [0.4, 0.5) is 5.95 Å². The van der Waals surface area contributed by atoms with Crippen LogP contribution in [0.25, 0.3) is 22.4 Å². The van der Waals surface area contributed by atoms with E-state index in [1.54, 1.807) is 24.5 Å². The van der Waals surface area contributed by atoms with Gasteiger partial charge in [0.1, 0.15) is 5.69 Å². The van der Waals surface area contributed by atoms with Crippen LogP contribution < -0.4 is 11.1 Å². The van der Waals surface area contributed by atoms with Crippen LogP contribution in [-0.4, -0.2) is 27.4 Å². The van der Waals surface area contributed by atoms with E-state index < -0.39 is 0 Å². The average Bonchev–Trinajstić information content (AvgIpc) is 3.25. The Morgan fingerprint density at radius 3 is 2.70 bits per heavy atom. The maximum Gasteiger partial charge on any atom is 0.267 e. The number of carbonyl (C=O) groups is 1. The lowest BCUT2D eigenvalue weighted by Gasteiger charge is -2.08. The molecule has 0 fully saturated rings. The lowest BCUT2D eigenvalue weighted by molar-refractivity contribution is 0.0950. The first-order chi connectivity index (χ1) is 14.6. The number of nitrogens with zero attached hydrogens (tertiary/aromatic N) is 2. The van der Waals surface area contributed by atoms with Gasteiger partial charge in [0.05, 0.1) is 5.69 Å². The number of nitrogens with one attached hydrogen (secondary N) is 2. The number of nitrogen functional groups attached to an aromatic ring is 1. The van der Waals surface area contributed by atoms with Crippen molar-refractivity contribution in [3.63, 3.8) is 0 Å². The normalized spacial score (nSPS) is 10.7. The first-order valence-corrected chi connectivity index (χ1v) is 9.87. The standard InChI is InChI=1S/C23H20ClN5O/c24-18-8-4-7-16(11-18)19-14-28-23(25)29-21(19)17-12-20(27-13-17)22(30)26-10-9-15-5-2-1-3-6-15/h1-8,11-14,27H,9-10H2,(H,26,30)(H2,25,28,29). The molecule has 0 bridgehead atoms.